The largest absolute Gasteiger partial charge is 0.383 e. The van der Waals surface area contributed by atoms with E-state index in [0.717, 1.165) is 59.4 Å². The van der Waals surface area contributed by atoms with Gasteiger partial charge in [-0.2, -0.15) is 9.65 Å². The van der Waals surface area contributed by atoms with Crippen molar-refractivity contribution in [1.29, 1.82) is 5.26 Å². The first-order valence-corrected chi connectivity index (χ1v) is 13.3. The van der Waals surface area contributed by atoms with Gasteiger partial charge in [-0.15, -0.1) is 5.10 Å². The molecule has 4 aromatic rings. The Morgan fingerprint density at radius 1 is 1.24 bits per heavy atom. The molecular formula is C29H31ClFN7. The lowest BCUT2D eigenvalue weighted by Gasteiger charge is -2.22. The zero-order valence-electron chi connectivity index (χ0n) is 22.1. The third kappa shape index (κ3) is 5.21. The number of anilines is 1. The Balaban J connectivity index is 1.63. The third-order valence-electron chi connectivity index (χ3n) is 7.04. The van der Waals surface area contributed by atoms with Crippen LogP contribution in [0, 0.1) is 29.6 Å². The van der Waals surface area contributed by atoms with Crippen molar-refractivity contribution in [2.75, 3.05) is 11.9 Å². The number of nitrogens with zero attached hydrogens (tertiary/aromatic N) is 6. The lowest BCUT2D eigenvalue weighted by molar-refractivity contribution is 0.443. The van der Waals surface area contributed by atoms with Crippen LogP contribution in [0.15, 0.2) is 30.5 Å². The van der Waals surface area contributed by atoms with Gasteiger partial charge < -0.3 is 5.32 Å². The molecule has 0 saturated carbocycles. The number of hydrogen-bond donors (Lipinski definition) is 1. The molecule has 196 valence electrons. The topological polar surface area (TPSA) is 92.3 Å². The molecule has 1 aliphatic heterocycles. The van der Waals surface area contributed by atoms with Crippen LogP contribution in [-0.2, 0) is 19.4 Å². The molecule has 1 atom stereocenters. The SMILES string of the molecule is Cc1nc(F)ccc1[C@H](Cc1cc(Cl)c2ncc(C#N)c(NCC(C)(C)C)c2c1)c1nnn2c1CCCC2. The summed E-state index contributed by atoms with van der Waals surface area (Å²) < 4.78 is 15.9. The van der Waals surface area contributed by atoms with Crippen molar-refractivity contribution in [3.63, 3.8) is 0 Å². The fraction of sp³-hybridized carbons (Fsp3) is 0.414. The standard InChI is InChI=1S/C29H31ClFN7/c1-17-20(8-9-25(31)35-17)21(28-24-7-5-6-10-38(24)37-36-28)11-18-12-22-26(34-16-29(2,3)4)19(14-32)15-33-27(22)23(30)13-18/h8-9,12-13,15,21H,5-7,10-11,16H2,1-4H3,(H,33,34)/t21-/m0/s1. The Bertz CT molecular complexity index is 1550. The predicted octanol–water partition coefficient (Wildman–Crippen LogP) is 6.36. The summed E-state index contributed by atoms with van der Waals surface area (Å²) in [5.74, 6) is -0.690. The van der Waals surface area contributed by atoms with Crippen molar-refractivity contribution in [3.8, 4) is 6.07 Å². The fourth-order valence-electron chi connectivity index (χ4n) is 5.17. The molecule has 3 aromatic heterocycles. The van der Waals surface area contributed by atoms with Gasteiger partial charge in [0.2, 0.25) is 5.95 Å². The Morgan fingerprint density at radius 2 is 2.05 bits per heavy atom. The van der Waals surface area contributed by atoms with Crippen LogP contribution in [0.3, 0.4) is 0 Å². The van der Waals surface area contributed by atoms with Crippen LogP contribution >= 0.6 is 11.6 Å². The van der Waals surface area contributed by atoms with Crippen LogP contribution < -0.4 is 5.32 Å². The van der Waals surface area contributed by atoms with Crippen LogP contribution in [0.5, 0.6) is 0 Å². The molecular weight excluding hydrogens is 501 g/mol. The van der Waals surface area contributed by atoms with Gasteiger partial charge in [-0.3, -0.25) is 4.98 Å². The summed E-state index contributed by atoms with van der Waals surface area (Å²) in [5.41, 5.74) is 6.37. The van der Waals surface area contributed by atoms with Crippen molar-refractivity contribution in [2.24, 2.45) is 5.41 Å². The number of halogens is 2. The molecule has 38 heavy (non-hydrogen) atoms. The molecule has 0 bridgehead atoms. The van der Waals surface area contributed by atoms with E-state index in [2.05, 4.69) is 58.5 Å². The van der Waals surface area contributed by atoms with Crippen LogP contribution in [0.2, 0.25) is 5.02 Å². The summed E-state index contributed by atoms with van der Waals surface area (Å²) in [5, 5.41) is 23.6. The molecule has 0 amide bonds. The molecule has 9 heteroatoms. The Labute approximate surface area is 227 Å². The summed E-state index contributed by atoms with van der Waals surface area (Å²) >= 11 is 6.77. The number of nitrogens with one attached hydrogen (secondary N) is 1. The molecule has 5 rings (SSSR count). The van der Waals surface area contributed by atoms with E-state index in [1.165, 1.54) is 6.07 Å². The molecule has 0 spiro atoms. The lowest BCUT2D eigenvalue weighted by Crippen LogP contribution is -2.20. The van der Waals surface area contributed by atoms with Gasteiger partial charge in [0.1, 0.15) is 6.07 Å². The Kier molecular flexibility index (Phi) is 7.06. The number of pyridine rings is 2. The van der Waals surface area contributed by atoms with Crippen molar-refractivity contribution in [3.05, 3.63) is 75.2 Å². The minimum absolute atomic E-state index is 0.00907. The van der Waals surface area contributed by atoms with Gasteiger partial charge in [0, 0.05) is 36.3 Å². The first kappa shape index (κ1) is 26.1. The van der Waals surface area contributed by atoms with E-state index in [9.17, 15) is 9.65 Å². The average Bonchev–Trinajstić information content (AvgIpc) is 3.29. The maximum Gasteiger partial charge on any atom is 0.213 e. The molecule has 4 heterocycles. The summed E-state index contributed by atoms with van der Waals surface area (Å²) in [6.07, 6.45) is 5.20. The van der Waals surface area contributed by atoms with Gasteiger partial charge in [0.25, 0.3) is 0 Å². The van der Waals surface area contributed by atoms with Crippen LogP contribution in [0.25, 0.3) is 10.9 Å². The van der Waals surface area contributed by atoms with Crippen molar-refractivity contribution in [1.82, 2.24) is 25.0 Å². The molecule has 0 radical (unpaired) electrons. The van der Waals surface area contributed by atoms with Crippen molar-refractivity contribution < 1.29 is 4.39 Å². The smallest absolute Gasteiger partial charge is 0.213 e. The van der Waals surface area contributed by atoms with E-state index in [-0.39, 0.29) is 11.3 Å². The van der Waals surface area contributed by atoms with E-state index in [1.807, 2.05) is 17.7 Å². The highest BCUT2D eigenvalue weighted by molar-refractivity contribution is 6.35. The van der Waals surface area contributed by atoms with Crippen LogP contribution in [0.4, 0.5) is 10.1 Å². The fourth-order valence-corrected chi connectivity index (χ4v) is 5.46. The van der Waals surface area contributed by atoms with Crippen molar-refractivity contribution >= 4 is 28.2 Å². The van der Waals surface area contributed by atoms with E-state index >= 15 is 0 Å². The van der Waals surface area contributed by atoms with E-state index in [1.54, 1.807) is 12.3 Å². The molecule has 1 N–H and O–H groups in total. The van der Waals surface area contributed by atoms with Gasteiger partial charge in [-0.05, 0) is 67.3 Å². The third-order valence-corrected chi connectivity index (χ3v) is 7.33. The lowest BCUT2D eigenvalue weighted by atomic mass is 9.86. The normalized spacial score (nSPS) is 14.2. The van der Waals surface area contributed by atoms with E-state index < -0.39 is 5.95 Å². The van der Waals surface area contributed by atoms with Gasteiger partial charge in [-0.25, -0.2) is 9.67 Å². The minimum atomic E-state index is -0.506. The minimum Gasteiger partial charge on any atom is -0.383 e. The van der Waals surface area contributed by atoms with Gasteiger partial charge in [0.15, 0.2) is 0 Å². The highest BCUT2D eigenvalue weighted by Crippen LogP contribution is 2.37. The average molecular weight is 532 g/mol. The number of aromatic nitrogens is 5. The predicted molar refractivity (Wildman–Crippen MR) is 147 cm³/mol. The second-order valence-electron chi connectivity index (χ2n) is 11.2. The molecule has 0 aliphatic carbocycles. The number of rotatable bonds is 6. The van der Waals surface area contributed by atoms with Gasteiger partial charge >= 0.3 is 0 Å². The van der Waals surface area contributed by atoms with Crippen LogP contribution in [0.1, 0.15) is 73.3 Å². The van der Waals surface area contributed by atoms with E-state index in [0.29, 0.717) is 34.8 Å². The highest BCUT2D eigenvalue weighted by Gasteiger charge is 2.28. The number of nitriles is 1. The zero-order valence-corrected chi connectivity index (χ0v) is 22.9. The molecule has 0 unspecified atom stereocenters. The summed E-state index contributed by atoms with van der Waals surface area (Å²) in [7, 11) is 0. The monoisotopic (exact) mass is 531 g/mol. The van der Waals surface area contributed by atoms with Gasteiger partial charge in [0.05, 0.1) is 33.2 Å². The Morgan fingerprint density at radius 3 is 2.79 bits per heavy atom. The second kappa shape index (κ2) is 10.3. The zero-order chi connectivity index (χ0) is 27.0. The van der Waals surface area contributed by atoms with Crippen LogP contribution in [-0.4, -0.2) is 31.5 Å². The maximum atomic E-state index is 14.0. The number of benzene rings is 1. The molecule has 0 fully saturated rings. The van der Waals surface area contributed by atoms with Crippen molar-refractivity contribution in [2.45, 2.75) is 65.8 Å². The summed E-state index contributed by atoms with van der Waals surface area (Å²) in [4.78, 5) is 8.60. The maximum absolute atomic E-state index is 14.0. The van der Waals surface area contributed by atoms with Gasteiger partial charge in [-0.1, -0.05) is 43.7 Å². The summed E-state index contributed by atoms with van der Waals surface area (Å²) in [6, 6.07) is 9.44. The number of aryl methyl sites for hydroxylation is 2. The molecule has 7 nitrogen and oxygen atoms in total. The molecule has 0 saturated heterocycles. The highest BCUT2D eigenvalue weighted by atomic mass is 35.5. The molecule has 1 aliphatic rings. The number of hydrogen-bond acceptors (Lipinski definition) is 6. The Hall–Kier alpha value is -3.57. The van der Waals surface area contributed by atoms with E-state index in [4.69, 9.17) is 11.6 Å². The first-order chi connectivity index (χ1) is 18.1. The summed E-state index contributed by atoms with van der Waals surface area (Å²) in [6.45, 7) is 9.76. The second-order valence-corrected chi connectivity index (χ2v) is 11.6. The quantitative estimate of drug-likeness (QED) is 0.291. The number of fused-ring (bicyclic) bond motifs is 2. The molecule has 1 aromatic carbocycles. The first-order valence-electron chi connectivity index (χ1n) is 12.9.